The molecule has 2 heterocycles. The van der Waals surface area contributed by atoms with E-state index in [9.17, 15) is 15.0 Å². The lowest BCUT2D eigenvalue weighted by Crippen LogP contribution is -2.33. The fourth-order valence-electron chi connectivity index (χ4n) is 4.49. The summed E-state index contributed by atoms with van der Waals surface area (Å²) >= 11 is 1.46. The van der Waals surface area contributed by atoms with Crippen molar-refractivity contribution < 1.29 is 19.7 Å². The van der Waals surface area contributed by atoms with Crippen LogP contribution in [0, 0.1) is 0 Å². The van der Waals surface area contributed by atoms with Crippen LogP contribution in [0.5, 0.6) is 17.2 Å². The molecule has 1 saturated heterocycles. The van der Waals surface area contributed by atoms with Crippen molar-refractivity contribution >= 4 is 27.2 Å². The van der Waals surface area contributed by atoms with E-state index in [0.717, 1.165) is 40.5 Å². The average molecular weight is 474 g/mol. The lowest BCUT2D eigenvalue weighted by atomic mass is 9.97. The number of benzene rings is 3. The smallest absolute Gasteiger partial charge is 0.195 e. The molecule has 0 unspecified atom stereocenters. The number of phenolic OH excluding ortho intramolecular Hbond substituents is 2. The number of ketones is 1. The first-order valence-corrected chi connectivity index (χ1v) is 12.5. The van der Waals surface area contributed by atoms with E-state index in [1.165, 1.54) is 30.6 Å². The molecule has 0 aliphatic carbocycles. The van der Waals surface area contributed by atoms with Crippen LogP contribution in [0.4, 0.5) is 0 Å². The van der Waals surface area contributed by atoms with Crippen molar-refractivity contribution in [3.63, 3.8) is 0 Å². The van der Waals surface area contributed by atoms with Crippen LogP contribution in [0.2, 0.25) is 0 Å². The van der Waals surface area contributed by atoms with Gasteiger partial charge in [-0.1, -0.05) is 12.5 Å². The van der Waals surface area contributed by atoms with E-state index < -0.39 is 0 Å². The number of likely N-dealkylation sites (tertiary alicyclic amines) is 1. The number of thiophene rings is 1. The molecule has 0 radical (unpaired) electrons. The SMILES string of the molecule is O=C(c1ccc(OCCN2CCCCC2)cc1)c1c(-c2ccc(O)cc2)sc2cccc(O)c12. The fraction of sp³-hybridized carbons (Fsp3) is 0.250. The van der Waals surface area contributed by atoms with Gasteiger partial charge in [-0.15, -0.1) is 11.3 Å². The Morgan fingerprint density at radius 1 is 0.912 bits per heavy atom. The Balaban J connectivity index is 1.40. The molecule has 1 fully saturated rings. The molecular weight excluding hydrogens is 446 g/mol. The number of phenols is 2. The van der Waals surface area contributed by atoms with Gasteiger partial charge in [0.1, 0.15) is 23.9 Å². The van der Waals surface area contributed by atoms with Crippen LogP contribution in [-0.4, -0.2) is 47.1 Å². The van der Waals surface area contributed by atoms with Crippen LogP contribution in [0.25, 0.3) is 20.5 Å². The highest BCUT2D eigenvalue weighted by molar-refractivity contribution is 7.22. The van der Waals surface area contributed by atoms with Gasteiger partial charge in [0.25, 0.3) is 0 Å². The molecule has 4 aromatic rings. The molecule has 0 spiro atoms. The summed E-state index contributed by atoms with van der Waals surface area (Å²) in [5.74, 6) is 0.831. The summed E-state index contributed by atoms with van der Waals surface area (Å²) in [6.07, 6.45) is 3.84. The first-order chi connectivity index (χ1) is 16.6. The summed E-state index contributed by atoms with van der Waals surface area (Å²) in [7, 11) is 0. The van der Waals surface area contributed by atoms with E-state index in [-0.39, 0.29) is 17.3 Å². The maximum atomic E-state index is 13.7. The van der Waals surface area contributed by atoms with Crippen LogP contribution in [0.3, 0.4) is 0 Å². The van der Waals surface area contributed by atoms with E-state index in [0.29, 0.717) is 23.1 Å². The third-order valence-electron chi connectivity index (χ3n) is 6.29. The minimum Gasteiger partial charge on any atom is -0.508 e. The van der Waals surface area contributed by atoms with Crippen LogP contribution >= 0.6 is 11.3 Å². The molecule has 0 atom stereocenters. The number of nitrogens with zero attached hydrogens (tertiary/aromatic N) is 1. The van der Waals surface area contributed by atoms with Gasteiger partial charge in [0.15, 0.2) is 5.78 Å². The Hall–Kier alpha value is -3.35. The minimum atomic E-state index is -0.157. The Kier molecular flexibility index (Phi) is 6.52. The van der Waals surface area contributed by atoms with Crippen molar-refractivity contribution in [2.24, 2.45) is 0 Å². The van der Waals surface area contributed by atoms with Crippen molar-refractivity contribution in [1.82, 2.24) is 4.90 Å². The normalized spacial score (nSPS) is 14.4. The first-order valence-electron chi connectivity index (χ1n) is 11.6. The van der Waals surface area contributed by atoms with Gasteiger partial charge in [-0.2, -0.15) is 0 Å². The highest BCUT2D eigenvalue weighted by atomic mass is 32.1. The number of piperidine rings is 1. The molecular formula is C28H27NO4S. The van der Waals surface area contributed by atoms with E-state index in [1.54, 1.807) is 48.5 Å². The molecule has 5 nitrogen and oxygen atoms in total. The molecule has 1 aromatic heterocycles. The number of ether oxygens (including phenoxy) is 1. The summed E-state index contributed by atoms with van der Waals surface area (Å²) in [4.78, 5) is 16.9. The topological polar surface area (TPSA) is 70.0 Å². The van der Waals surface area contributed by atoms with Gasteiger partial charge in [-0.05, 0) is 92.2 Å². The lowest BCUT2D eigenvalue weighted by molar-refractivity contribution is 0.104. The minimum absolute atomic E-state index is 0.0831. The van der Waals surface area contributed by atoms with Crippen LogP contribution in [-0.2, 0) is 0 Å². The predicted octanol–water partition coefficient (Wildman–Crippen LogP) is 6.08. The molecule has 34 heavy (non-hydrogen) atoms. The Bertz CT molecular complexity index is 1290. The van der Waals surface area contributed by atoms with Gasteiger partial charge in [-0.25, -0.2) is 0 Å². The second-order valence-electron chi connectivity index (χ2n) is 8.61. The molecule has 0 amide bonds. The number of hydrogen-bond acceptors (Lipinski definition) is 6. The predicted molar refractivity (Wildman–Crippen MR) is 136 cm³/mol. The molecule has 6 heteroatoms. The molecule has 3 aromatic carbocycles. The van der Waals surface area contributed by atoms with Gasteiger partial charge >= 0.3 is 0 Å². The molecule has 0 bridgehead atoms. The summed E-state index contributed by atoms with van der Waals surface area (Å²) in [6, 6.07) is 19.3. The zero-order valence-electron chi connectivity index (χ0n) is 18.9. The van der Waals surface area contributed by atoms with Gasteiger partial charge in [0, 0.05) is 27.1 Å². The number of rotatable bonds is 7. The van der Waals surface area contributed by atoms with Crippen molar-refractivity contribution in [1.29, 1.82) is 0 Å². The maximum absolute atomic E-state index is 13.7. The van der Waals surface area contributed by atoms with Gasteiger partial charge in [-0.3, -0.25) is 9.69 Å². The average Bonchev–Trinajstić information content (AvgIpc) is 3.26. The van der Waals surface area contributed by atoms with Crippen LogP contribution < -0.4 is 4.74 Å². The van der Waals surface area contributed by atoms with Crippen LogP contribution in [0.1, 0.15) is 35.2 Å². The van der Waals surface area contributed by atoms with E-state index in [4.69, 9.17) is 4.74 Å². The summed E-state index contributed by atoms with van der Waals surface area (Å²) in [5.41, 5.74) is 1.83. The van der Waals surface area contributed by atoms with Gasteiger partial charge in [0.2, 0.25) is 0 Å². The molecule has 1 aliphatic heterocycles. The van der Waals surface area contributed by atoms with Crippen LogP contribution in [0.15, 0.2) is 66.7 Å². The quantitative estimate of drug-likeness (QED) is 0.319. The van der Waals surface area contributed by atoms with E-state index in [2.05, 4.69) is 4.90 Å². The lowest BCUT2D eigenvalue weighted by Gasteiger charge is -2.26. The van der Waals surface area contributed by atoms with Crippen molar-refractivity contribution in [3.05, 3.63) is 77.9 Å². The number of fused-ring (bicyclic) bond motifs is 1. The maximum Gasteiger partial charge on any atom is 0.195 e. The largest absolute Gasteiger partial charge is 0.508 e. The summed E-state index contributed by atoms with van der Waals surface area (Å²) in [5, 5.41) is 20.8. The molecule has 1 aliphatic rings. The second-order valence-corrected chi connectivity index (χ2v) is 9.66. The van der Waals surface area contributed by atoms with E-state index >= 15 is 0 Å². The number of aromatic hydroxyl groups is 2. The van der Waals surface area contributed by atoms with Crippen molar-refractivity contribution in [3.8, 4) is 27.7 Å². The Morgan fingerprint density at radius 2 is 1.65 bits per heavy atom. The Labute approximate surface area is 202 Å². The monoisotopic (exact) mass is 473 g/mol. The number of hydrogen-bond donors (Lipinski definition) is 2. The van der Waals surface area contributed by atoms with E-state index in [1.807, 2.05) is 18.2 Å². The van der Waals surface area contributed by atoms with Crippen molar-refractivity contribution in [2.45, 2.75) is 19.3 Å². The third kappa shape index (κ3) is 4.65. The summed E-state index contributed by atoms with van der Waals surface area (Å²) < 4.78 is 6.75. The molecule has 5 rings (SSSR count). The first kappa shape index (κ1) is 22.4. The Morgan fingerprint density at radius 3 is 2.38 bits per heavy atom. The second kappa shape index (κ2) is 9.87. The van der Waals surface area contributed by atoms with Crippen molar-refractivity contribution in [2.75, 3.05) is 26.2 Å². The number of carbonyl (C=O) groups excluding carboxylic acids is 1. The summed E-state index contributed by atoms with van der Waals surface area (Å²) in [6.45, 7) is 3.82. The molecule has 174 valence electrons. The number of carbonyl (C=O) groups is 1. The zero-order chi connectivity index (χ0) is 23.5. The van der Waals surface area contributed by atoms with Gasteiger partial charge in [0.05, 0.1) is 5.56 Å². The zero-order valence-corrected chi connectivity index (χ0v) is 19.7. The standard InChI is InChI=1S/C28H27NO4S/c30-21-11-7-20(8-12-21)28-26(25-23(31)5-4-6-24(25)34-28)27(32)19-9-13-22(14-10-19)33-18-17-29-15-2-1-3-16-29/h4-14,30-31H,1-3,15-18H2. The molecule has 0 saturated carbocycles. The highest BCUT2D eigenvalue weighted by Crippen LogP contribution is 2.43. The fourth-order valence-corrected chi connectivity index (χ4v) is 5.71. The highest BCUT2D eigenvalue weighted by Gasteiger charge is 2.23. The third-order valence-corrected chi connectivity index (χ3v) is 7.50. The molecule has 2 N–H and O–H groups in total. The van der Waals surface area contributed by atoms with Gasteiger partial charge < -0.3 is 14.9 Å².